The Bertz CT molecular complexity index is 302. The van der Waals surface area contributed by atoms with E-state index in [0.717, 1.165) is 23.7 Å². The SMILES string of the molecule is ClC1(Cl)CSCCN1c1ccccc1. The Morgan fingerprint density at radius 2 is 1.93 bits per heavy atom. The highest BCUT2D eigenvalue weighted by atomic mass is 35.5. The second-order valence-electron chi connectivity index (χ2n) is 3.21. The molecule has 0 amide bonds. The lowest BCUT2D eigenvalue weighted by Gasteiger charge is -2.39. The number of nitrogens with zero attached hydrogens (tertiary/aromatic N) is 1. The van der Waals surface area contributed by atoms with E-state index in [1.807, 2.05) is 35.2 Å². The zero-order chi connectivity index (χ0) is 10.0. The summed E-state index contributed by atoms with van der Waals surface area (Å²) in [6, 6.07) is 10.1. The molecule has 0 aromatic heterocycles. The lowest BCUT2D eigenvalue weighted by atomic mass is 10.3. The molecule has 1 heterocycles. The van der Waals surface area contributed by atoms with Crippen LogP contribution in [0, 0.1) is 0 Å². The van der Waals surface area contributed by atoms with E-state index in [1.165, 1.54) is 0 Å². The van der Waals surface area contributed by atoms with Crippen molar-refractivity contribution in [1.29, 1.82) is 0 Å². The molecular weight excluding hydrogens is 237 g/mol. The highest BCUT2D eigenvalue weighted by molar-refractivity contribution is 7.99. The van der Waals surface area contributed by atoms with Crippen LogP contribution in [0.25, 0.3) is 0 Å². The predicted octanol–water partition coefficient (Wildman–Crippen LogP) is 3.37. The van der Waals surface area contributed by atoms with Crippen molar-refractivity contribution in [3.8, 4) is 0 Å². The van der Waals surface area contributed by atoms with Crippen LogP contribution in [-0.2, 0) is 0 Å². The van der Waals surface area contributed by atoms with Crippen molar-refractivity contribution >= 4 is 40.7 Å². The van der Waals surface area contributed by atoms with Crippen molar-refractivity contribution in [2.45, 2.75) is 4.46 Å². The summed E-state index contributed by atoms with van der Waals surface area (Å²) in [7, 11) is 0. The van der Waals surface area contributed by atoms with E-state index in [9.17, 15) is 0 Å². The molecule has 1 aromatic carbocycles. The topological polar surface area (TPSA) is 3.24 Å². The van der Waals surface area contributed by atoms with Crippen LogP contribution in [0.4, 0.5) is 5.69 Å². The van der Waals surface area contributed by atoms with Crippen molar-refractivity contribution in [3.63, 3.8) is 0 Å². The van der Waals surface area contributed by atoms with Crippen molar-refractivity contribution in [2.75, 3.05) is 23.0 Å². The maximum Gasteiger partial charge on any atom is 0.199 e. The Kier molecular flexibility index (Phi) is 3.15. The summed E-state index contributed by atoms with van der Waals surface area (Å²) in [5.41, 5.74) is 1.10. The lowest BCUT2D eigenvalue weighted by Crippen LogP contribution is -2.46. The van der Waals surface area contributed by atoms with Gasteiger partial charge in [0.05, 0.1) is 0 Å². The quantitative estimate of drug-likeness (QED) is 0.553. The number of hydrogen-bond acceptors (Lipinski definition) is 2. The number of rotatable bonds is 1. The molecule has 0 aliphatic carbocycles. The van der Waals surface area contributed by atoms with Gasteiger partial charge in [0, 0.05) is 23.7 Å². The number of para-hydroxylation sites is 1. The van der Waals surface area contributed by atoms with Gasteiger partial charge in [-0.1, -0.05) is 41.4 Å². The van der Waals surface area contributed by atoms with Gasteiger partial charge in [-0.15, -0.1) is 0 Å². The van der Waals surface area contributed by atoms with E-state index in [4.69, 9.17) is 23.2 Å². The molecule has 1 aliphatic heterocycles. The summed E-state index contributed by atoms with van der Waals surface area (Å²) in [5, 5.41) is 0. The van der Waals surface area contributed by atoms with Crippen LogP contribution in [0.15, 0.2) is 30.3 Å². The minimum atomic E-state index is -0.760. The van der Waals surface area contributed by atoms with Gasteiger partial charge in [0.2, 0.25) is 0 Å². The smallest absolute Gasteiger partial charge is 0.199 e. The molecule has 76 valence electrons. The molecular formula is C10H11Cl2NS. The Labute approximate surface area is 98.4 Å². The Morgan fingerprint density at radius 3 is 2.57 bits per heavy atom. The second kappa shape index (κ2) is 4.21. The molecule has 0 saturated carbocycles. The third kappa shape index (κ3) is 2.13. The standard InChI is InChI=1S/C10H11Cl2NS/c11-10(12)8-14-7-6-13(10)9-4-2-1-3-5-9/h1-5H,6-8H2. The Balaban J connectivity index is 2.24. The molecule has 0 spiro atoms. The molecule has 1 saturated heterocycles. The molecule has 1 aromatic rings. The molecule has 1 nitrogen and oxygen atoms in total. The third-order valence-corrected chi connectivity index (χ3v) is 4.28. The van der Waals surface area contributed by atoms with Crippen LogP contribution in [0.1, 0.15) is 0 Å². The number of alkyl halides is 2. The van der Waals surface area contributed by atoms with E-state index in [1.54, 1.807) is 11.8 Å². The second-order valence-corrected chi connectivity index (χ2v) is 5.75. The molecule has 2 rings (SSSR count). The first kappa shape index (κ1) is 10.5. The average Bonchev–Trinajstić information content (AvgIpc) is 2.18. The number of hydrogen-bond donors (Lipinski definition) is 0. The van der Waals surface area contributed by atoms with Crippen LogP contribution >= 0.6 is 35.0 Å². The largest absolute Gasteiger partial charge is 0.339 e. The average molecular weight is 248 g/mol. The molecule has 1 fully saturated rings. The normalized spacial score (nSPS) is 20.9. The molecule has 0 atom stereocenters. The van der Waals surface area contributed by atoms with E-state index in [-0.39, 0.29) is 0 Å². The van der Waals surface area contributed by atoms with Crippen molar-refractivity contribution in [1.82, 2.24) is 0 Å². The van der Waals surface area contributed by atoms with Gasteiger partial charge in [-0.05, 0) is 12.1 Å². The number of thioether (sulfide) groups is 1. The zero-order valence-corrected chi connectivity index (χ0v) is 9.95. The summed E-state index contributed by atoms with van der Waals surface area (Å²) < 4.78 is -0.760. The number of halogens is 2. The van der Waals surface area contributed by atoms with Gasteiger partial charge < -0.3 is 4.90 Å². The van der Waals surface area contributed by atoms with Crippen LogP contribution in [0.2, 0.25) is 0 Å². The van der Waals surface area contributed by atoms with Crippen molar-refractivity contribution < 1.29 is 0 Å². The first-order valence-corrected chi connectivity index (χ1v) is 6.39. The highest BCUT2D eigenvalue weighted by Gasteiger charge is 2.35. The summed E-state index contributed by atoms with van der Waals surface area (Å²) in [5.74, 6) is 1.83. The third-order valence-electron chi connectivity index (χ3n) is 2.20. The van der Waals surface area contributed by atoms with Crippen LogP contribution in [-0.4, -0.2) is 22.5 Å². The maximum absolute atomic E-state index is 6.24. The number of benzene rings is 1. The molecule has 4 heteroatoms. The van der Waals surface area contributed by atoms with Gasteiger partial charge in [-0.3, -0.25) is 0 Å². The molecule has 0 unspecified atom stereocenters. The van der Waals surface area contributed by atoms with Gasteiger partial charge >= 0.3 is 0 Å². The van der Waals surface area contributed by atoms with E-state index in [0.29, 0.717) is 0 Å². The monoisotopic (exact) mass is 247 g/mol. The fourth-order valence-corrected chi connectivity index (χ4v) is 3.20. The molecule has 0 bridgehead atoms. The Morgan fingerprint density at radius 1 is 1.21 bits per heavy atom. The lowest BCUT2D eigenvalue weighted by molar-refractivity contribution is 0.753. The van der Waals surface area contributed by atoms with Crippen molar-refractivity contribution in [2.24, 2.45) is 0 Å². The minimum Gasteiger partial charge on any atom is -0.339 e. The van der Waals surface area contributed by atoms with E-state index < -0.39 is 4.46 Å². The van der Waals surface area contributed by atoms with E-state index in [2.05, 4.69) is 0 Å². The fourth-order valence-electron chi connectivity index (χ4n) is 1.52. The first-order chi connectivity index (χ1) is 6.70. The summed E-state index contributed by atoms with van der Waals surface area (Å²) in [4.78, 5) is 2.05. The van der Waals surface area contributed by atoms with Gasteiger partial charge in [-0.2, -0.15) is 11.8 Å². The summed E-state index contributed by atoms with van der Waals surface area (Å²) in [6.45, 7) is 0.904. The minimum absolute atomic E-state index is 0.755. The van der Waals surface area contributed by atoms with Gasteiger partial charge in [0.25, 0.3) is 0 Å². The molecule has 14 heavy (non-hydrogen) atoms. The van der Waals surface area contributed by atoms with Crippen LogP contribution < -0.4 is 4.90 Å². The predicted molar refractivity (Wildman–Crippen MR) is 65.6 cm³/mol. The molecule has 0 N–H and O–H groups in total. The van der Waals surface area contributed by atoms with Gasteiger partial charge in [-0.25, -0.2) is 0 Å². The van der Waals surface area contributed by atoms with Gasteiger partial charge in [0.15, 0.2) is 4.46 Å². The summed E-state index contributed by atoms with van der Waals surface area (Å²) in [6.07, 6.45) is 0. The van der Waals surface area contributed by atoms with E-state index >= 15 is 0 Å². The van der Waals surface area contributed by atoms with Gasteiger partial charge in [0.1, 0.15) is 0 Å². The Hall–Kier alpha value is -0.0500. The van der Waals surface area contributed by atoms with Crippen LogP contribution in [0.3, 0.4) is 0 Å². The number of anilines is 1. The van der Waals surface area contributed by atoms with Crippen molar-refractivity contribution in [3.05, 3.63) is 30.3 Å². The first-order valence-electron chi connectivity index (χ1n) is 4.48. The zero-order valence-electron chi connectivity index (χ0n) is 7.62. The molecule has 0 radical (unpaired) electrons. The fraction of sp³-hybridized carbons (Fsp3) is 0.400. The highest BCUT2D eigenvalue weighted by Crippen LogP contribution is 2.37. The summed E-state index contributed by atoms with van der Waals surface area (Å²) >= 11 is 14.3. The van der Waals surface area contributed by atoms with Crippen LogP contribution in [0.5, 0.6) is 0 Å². The maximum atomic E-state index is 6.24. The molecule has 1 aliphatic rings.